The predicted molar refractivity (Wildman–Crippen MR) is 122 cm³/mol. The van der Waals surface area contributed by atoms with Crippen molar-refractivity contribution in [3.8, 4) is 11.3 Å². The highest BCUT2D eigenvalue weighted by Crippen LogP contribution is 2.33. The summed E-state index contributed by atoms with van der Waals surface area (Å²) in [5.74, 6) is 0.169. The minimum absolute atomic E-state index is 0.0218. The summed E-state index contributed by atoms with van der Waals surface area (Å²) in [6, 6.07) is 16.2. The number of imidazole rings is 1. The average Bonchev–Trinajstić information content (AvgIpc) is 3.28. The molecule has 2 aromatic heterocycles. The number of benzene rings is 2. The van der Waals surface area contributed by atoms with E-state index in [0.29, 0.717) is 23.5 Å². The SMILES string of the molecule is CNS(=O)(=O)c1ccc(Nc2ccc(C(F)(F)F)cn2)c(-c2cn(Cc3ccccc3)cn2)c1. The van der Waals surface area contributed by atoms with Crippen molar-refractivity contribution in [3.63, 3.8) is 0 Å². The number of alkyl halides is 3. The highest BCUT2D eigenvalue weighted by molar-refractivity contribution is 7.89. The van der Waals surface area contributed by atoms with E-state index >= 15 is 0 Å². The summed E-state index contributed by atoms with van der Waals surface area (Å²) >= 11 is 0. The number of halogens is 3. The first-order valence-electron chi connectivity index (χ1n) is 10.1. The molecule has 0 saturated heterocycles. The Hall–Kier alpha value is -3.70. The monoisotopic (exact) mass is 487 g/mol. The van der Waals surface area contributed by atoms with E-state index in [1.807, 2.05) is 34.9 Å². The van der Waals surface area contributed by atoms with Gasteiger partial charge in [-0.25, -0.2) is 23.1 Å². The number of anilines is 2. The predicted octanol–water partition coefficient (Wildman–Crippen LogP) is 4.66. The smallest absolute Gasteiger partial charge is 0.340 e. The molecule has 2 aromatic carbocycles. The molecule has 0 amide bonds. The molecule has 176 valence electrons. The van der Waals surface area contributed by atoms with Crippen molar-refractivity contribution in [2.75, 3.05) is 12.4 Å². The molecule has 0 aliphatic carbocycles. The Morgan fingerprint density at radius 1 is 1.00 bits per heavy atom. The number of rotatable bonds is 7. The highest BCUT2D eigenvalue weighted by Gasteiger charge is 2.30. The second-order valence-corrected chi connectivity index (χ2v) is 9.27. The second kappa shape index (κ2) is 9.27. The van der Waals surface area contributed by atoms with Crippen LogP contribution in [0.15, 0.2) is 84.3 Å². The van der Waals surface area contributed by atoms with Gasteiger partial charge in [-0.2, -0.15) is 13.2 Å². The van der Waals surface area contributed by atoms with Gasteiger partial charge >= 0.3 is 6.18 Å². The number of nitrogens with zero attached hydrogens (tertiary/aromatic N) is 3. The molecule has 0 aliphatic rings. The Labute approximate surface area is 194 Å². The van der Waals surface area contributed by atoms with Crippen molar-refractivity contribution in [2.24, 2.45) is 0 Å². The summed E-state index contributed by atoms with van der Waals surface area (Å²) < 4.78 is 67.4. The molecule has 0 fully saturated rings. The summed E-state index contributed by atoms with van der Waals surface area (Å²) in [7, 11) is -2.43. The zero-order chi connectivity index (χ0) is 24.3. The molecule has 0 spiro atoms. The van der Waals surface area contributed by atoms with Crippen molar-refractivity contribution >= 4 is 21.5 Å². The van der Waals surface area contributed by atoms with Crippen LogP contribution in [0.4, 0.5) is 24.7 Å². The largest absolute Gasteiger partial charge is 0.417 e. The van der Waals surface area contributed by atoms with Crippen molar-refractivity contribution in [3.05, 3.63) is 90.5 Å². The third-order valence-corrected chi connectivity index (χ3v) is 6.45. The zero-order valence-corrected chi connectivity index (χ0v) is 18.7. The molecule has 0 aliphatic heterocycles. The summed E-state index contributed by atoms with van der Waals surface area (Å²) in [6.07, 6.45) is -0.368. The number of hydrogen-bond donors (Lipinski definition) is 2. The van der Waals surface area contributed by atoms with Crippen LogP contribution in [0.25, 0.3) is 11.3 Å². The van der Waals surface area contributed by atoms with Crippen molar-refractivity contribution in [2.45, 2.75) is 17.6 Å². The van der Waals surface area contributed by atoms with Crippen LogP contribution in [0.2, 0.25) is 0 Å². The lowest BCUT2D eigenvalue weighted by Gasteiger charge is -2.13. The molecule has 0 unspecified atom stereocenters. The second-order valence-electron chi connectivity index (χ2n) is 7.39. The van der Waals surface area contributed by atoms with E-state index in [4.69, 9.17) is 0 Å². The van der Waals surface area contributed by atoms with E-state index in [9.17, 15) is 21.6 Å². The Kier molecular flexibility index (Phi) is 6.40. The summed E-state index contributed by atoms with van der Waals surface area (Å²) in [4.78, 5) is 8.28. The fourth-order valence-corrected chi connectivity index (χ4v) is 4.04. The maximum atomic E-state index is 12.8. The maximum Gasteiger partial charge on any atom is 0.417 e. The topological polar surface area (TPSA) is 88.9 Å². The van der Waals surface area contributed by atoms with E-state index in [1.165, 1.54) is 31.3 Å². The van der Waals surface area contributed by atoms with Crippen LogP contribution in [0.3, 0.4) is 0 Å². The number of sulfonamides is 1. The third-order valence-electron chi connectivity index (χ3n) is 5.04. The van der Waals surface area contributed by atoms with Crippen molar-refractivity contribution in [1.29, 1.82) is 0 Å². The minimum atomic E-state index is -4.49. The molecule has 0 radical (unpaired) electrons. The molecule has 0 atom stereocenters. The van der Waals surface area contributed by atoms with Crippen LogP contribution in [-0.2, 0) is 22.7 Å². The number of pyridine rings is 1. The van der Waals surface area contributed by atoms with Crippen LogP contribution in [0.5, 0.6) is 0 Å². The zero-order valence-electron chi connectivity index (χ0n) is 17.9. The fourth-order valence-electron chi connectivity index (χ4n) is 3.28. The van der Waals surface area contributed by atoms with Gasteiger partial charge in [0.05, 0.1) is 22.5 Å². The van der Waals surface area contributed by atoms with Crippen LogP contribution in [0, 0.1) is 0 Å². The quantitative estimate of drug-likeness (QED) is 0.396. The molecule has 7 nitrogen and oxygen atoms in total. The van der Waals surface area contributed by atoms with Crippen LogP contribution in [0.1, 0.15) is 11.1 Å². The lowest BCUT2D eigenvalue weighted by molar-refractivity contribution is -0.137. The van der Waals surface area contributed by atoms with E-state index in [1.54, 1.807) is 12.5 Å². The first-order chi connectivity index (χ1) is 16.2. The van der Waals surface area contributed by atoms with Crippen LogP contribution < -0.4 is 10.0 Å². The van der Waals surface area contributed by atoms with Gasteiger partial charge in [-0.05, 0) is 42.9 Å². The maximum absolute atomic E-state index is 12.8. The molecule has 2 heterocycles. The number of aromatic nitrogens is 3. The Bertz CT molecular complexity index is 1390. The Morgan fingerprint density at radius 2 is 1.76 bits per heavy atom. The van der Waals surface area contributed by atoms with E-state index in [2.05, 4.69) is 20.0 Å². The van der Waals surface area contributed by atoms with Gasteiger partial charge in [0.2, 0.25) is 10.0 Å². The number of nitrogens with one attached hydrogen (secondary N) is 2. The minimum Gasteiger partial charge on any atom is -0.340 e. The molecule has 34 heavy (non-hydrogen) atoms. The molecule has 2 N–H and O–H groups in total. The average molecular weight is 488 g/mol. The lowest BCUT2D eigenvalue weighted by atomic mass is 10.1. The van der Waals surface area contributed by atoms with Gasteiger partial charge in [-0.3, -0.25) is 0 Å². The van der Waals surface area contributed by atoms with E-state index in [0.717, 1.165) is 17.8 Å². The molecular formula is C23H20F3N5O2S. The van der Waals surface area contributed by atoms with E-state index < -0.39 is 21.8 Å². The summed E-state index contributed by atoms with van der Waals surface area (Å²) in [5, 5.41) is 2.96. The summed E-state index contributed by atoms with van der Waals surface area (Å²) in [5.41, 5.74) is 1.56. The first-order valence-corrected chi connectivity index (χ1v) is 11.6. The molecule has 0 bridgehead atoms. The molecule has 4 rings (SSSR count). The van der Waals surface area contributed by atoms with Gasteiger partial charge in [0.25, 0.3) is 0 Å². The van der Waals surface area contributed by atoms with Gasteiger partial charge in [0.1, 0.15) is 5.82 Å². The Balaban J connectivity index is 1.70. The fraction of sp³-hybridized carbons (Fsp3) is 0.130. The van der Waals surface area contributed by atoms with Crippen molar-refractivity contribution < 1.29 is 21.6 Å². The van der Waals surface area contributed by atoms with Gasteiger partial charge in [0.15, 0.2) is 0 Å². The first kappa shape index (κ1) is 23.5. The summed E-state index contributed by atoms with van der Waals surface area (Å²) in [6.45, 7) is 0.561. The Morgan fingerprint density at radius 3 is 2.41 bits per heavy atom. The van der Waals surface area contributed by atoms with Gasteiger partial charge in [0, 0.05) is 30.2 Å². The van der Waals surface area contributed by atoms with Gasteiger partial charge in [-0.1, -0.05) is 30.3 Å². The molecular weight excluding hydrogens is 467 g/mol. The lowest BCUT2D eigenvalue weighted by Crippen LogP contribution is -2.18. The highest BCUT2D eigenvalue weighted by atomic mass is 32.2. The van der Waals surface area contributed by atoms with Crippen LogP contribution in [-0.4, -0.2) is 30.0 Å². The van der Waals surface area contributed by atoms with Crippen molar-refractivity contribution in [1.82, 2.24) is 19.3 Å². The molecule has 4 aromatic rings. The van der Waals surface area contributed by atoms with E-state index in [-0.39, 0.29) is 10.7 Å². The molecule has 0 saturated carbocycles. The number of hydrogen-bond acceptors (Lipinski definition) is 5. The molecule has 11 heteroatoms. The van der Waals surface area contributed by atoms with Crippen LogP contribution >= 0.6 is 0 Å². The normalized spacial score (nSPS) is 12.0. The standard InChI is InChI=1S/C23H20F3N5O2S/c1-27-34(32,33)18-8-9-20(30-22-10-7-17(12-28-22)23(24,25)26)19(11-18)21-14-31(15-29-21)13-16-5-3-2-4-6-16/h2-12,14-15,27H,13H2,1H3,(H,28,30). The van der Waals surface area contributed by atoms with Gasteiger partial charge < -0.3 is 9.88 Å². The third kappa shape index (κ3) is 5.26. The van der Waals surface area contributed by atoms with Gasteiger partial charge in [-0.15, -0.1) is 0 Å².